The fraction of sp³-hybridized carbons (Fsp3) is 0.600. The van der Waals surface area contributed by atoms with Gasteiger partial charge in [0.25, 0.3) is 0 Å². The van der Waals surface area contributed by atoms with E-state index in [0.29, 0.717) is 19.1 Å². The van der Waals surface area contributed by atoms with Gasteiger partial charge in [0.1, 0.15) is 5.82 Å². The molecule has 2 bridgehead atoms. The molecule has 0 aromatic heterocycles. The number of hydrogen-bond acceptors (Lipinski definition) is 4. The number of ether oxygens (including phenoxy) is 1. The van der Waals surface area contributed by atoms with Crippen LogP contribution in [0.15, 0.2) is 18.2 Å². The molecular weight excluding hydrogens is 406 g/mol. The highest BCUT2D eigenvalue weighted by molar-refractivity contribution is 5.77. The minimum Gasteiger partial charge on any atom is -0.450 e. The number of amides is 2. The number of hydrogen-bond donors (Lipinski definition) is 1. The summed E-state index contributed by atoms with van der Waals surface area (Å²) in [5.41, 5.74) is -1.56. The molecule has 2 saturated heterocycles. The zero-order valence-electron chi connectivity index (χ0n) is 16.6. The van der Waals surface area contributed by atoms with Gasteiger partial charge in [-0.1, -0.05) is 0 Å². The lowest BCUT2D eigenvalue weighted by Crippen LogP contribution is -2.52. The summed E-state index contributed by atoms with van der Waals surface area (Å²) in [6.07, 6.45) is -1.52. The summed E-state index contributed by atoms with van der Waals surface area (Å²) < 4.78 is 58.1. The van der Waals surface area contributed by atoms with Crippen molar-refractivity contribution in [2.75, 3.05) is 24.6 Å². The maximum absolute atomic E-state index is 13.3. The molecule has 2 heterocycles. The van der Waals surface area contributed by atoms with Gasteiger partial charge < -0.3 is 19.9 Å². The summed E-state index contributed by atoms with van der Waals surface area (Å²) in [6, 6.07) is 2.51. The normalized spacial score (nSPS) is 23.4. The third kappa shape index (κ3) is 4.85. The molecule has 1 aromatic rings. The molecule has 6 nitrogen and oxygen atoms in total. The van der Waals surface area contributed by atoms with E-state index in [0.717, 1.165) is 42.7 Å². The quantitative estimate of drug-likeness (QED) is 0.530. The van der Waals surface area contributed by atoms with Crippen LogP contribution < -0.4 is 10.2 Å². The molecule has 0 saturated carbocycles. The molecule has 10 heteroatoms. The van der Waals surface area contributed by atoms with Gasteiger partial charge in [-0.3, -0.25) is 4.79 Å². The maximum Gasteiger partial charge on any atom is 0.418 e. The van der Waals surface area contributed by atoms with Crippen molar-refractivity contribution in [3.05, 3.63) is 29.6 Å². The molecule has 166 valence electrons. The van der Waals surface area contributed by atoms with Crippen molar-refractivity contribution in [3.8, 4) is 0 Å². The summed E-state index contributed by atoms with van der Waals surface area (Å²) in [7, 11) is 0. The van der Waals surface area contributed by atoms with E-state index in [1.807, 2.05) is 0 Å². The van der Waals surface area contributed by atoms with Gasteiger partial charge in [-0.25, -0.2) is 9.18 Å². The highest BCUT2D eigenvalue weighted by Crippen LogP contribution is 2.37. The monoisotopic (exact) mass is 431 g/mol. The first-order chi connectivity index (χ1) is 14.2. The standard InChI is InChI=1S/C20H25F4N3O3/c1-2-30-19(29)27-15-4-5-16(27)11-14(10-15)25-7-8-26(12-28)18-6-3-13(21)9-17(18)20(22,23)24/h3,6,9,12,14-16,25H,2,4-5,7-8,10-11H2,1H3. The molecule has 2 fully saturated rings. The first kappa shape index (κ1) is 22.3. The number of piperidine rings is 1. The van der Waals surface area contributed by atoms with Gasteiger partial charge in [0.15, 0.2) is 0 Å². The molecule has 2 atom stereocenters. The van der Waals surface area contributed by atoms with Gasteiger partial charge >= 0.3 is 12.3 Å². The molecule has 2 aliphatic heterocycles. The number of carbonyl (C=O) groups is 2. The zero-order valence-corrected chi connectivity index (χ0v) is 16.6. The Bertz CT molecular complexity index is 760. The molecule has 3 rings (SSSR count). The van der Waals surface area contributed by atoms with Crippen molar-refractivity contribution in [1.82, 2.24) is 10.2 Å². The van der Waals surface area contributed by atoms with Gasteiger partial charge in [0.2, 0.25) is 6.41 Å². The molecule has 2 aliphatic rings. The second-order valence-corrected chi connectivity index (χ2v) is 7.57. The van der Waals surface area contributed by atoms with E-state index in [9.17, 15) is 27.2 Å². The summed E-state index contributed by atoms with van der Waals surface area (Å²) in [4.78, 5) is 26.3. The maximum atomic E-state index is 13.3. The van der Waals surface area contributed by atoms with Crippen LogP contribution in [0, 0.1) is 5.82 Å². The van der Waals surface area contributed by atoms with E-state index < -0.39 is 17.6 Å². The molecule has 1 N–H and O–H groups in total. The molecule has 2 amide bonds. The number of carbonyl (C=O) groups excluding carboxylic acids is 2. The van der Waals surface area contributed by atoms with Crippen molar-refractivity contribution in [3.63, 3.8) is 0 Å². The predicted octanol–water partition coefficient (Wildman–Crippen LogP) is 3.55. The number of fused-ring (bicyclic) bond motifs is 2. The number of alkyl halides is 3. The van der Waals surface area contributed by atoms with Crippen LogP contribution in [0.25, 0.3) is 0 Å². The average molecular weight is 431 g/mol. The Balaban J connectivity index is 1.58. The van der Waals surface area contributed by atoms with Gasteiger partial charge in [-0.2, -0.15) is 13.2 Å². The minimum atomic E-state index is -4.77. The number of nitrogens with zero attached hydrogens (tertiary/aromatic N) is 2. The van der Waals surface area contributed by atoms with Crippen LogP contribution in [0.1, 0.15) is 38.2 Å². The Morgan fingerprint density at radius 3 is 2.53 bits per heavy atom. The van der Waals surface area contributed by atoms with Crippen LogP contribution in [0.2, 0.25) is 0 Å². The molecule has 1 aromatic carbocycles. The molecule has 0 spiro atoms. The van der Waals surface area contributed by atoms with Crippen molar-refractivity contribution < 1.29 is 31.9 Å². The van der Waals surface area contributed by atoms with Crippen molar-refractivity contribution in [1.29, 1.82) is 0 Å². The van der Waals surface area contributed by atoms with Gasteiger partial charge in [-0.15, -0.1) is 0 Å². The van der Waals surface area contributed by atoms with Crippen LogP contribution in [-0.4, -0.2) is 55.2 Å². The van der Waals surface area contributed by atoms with Gasteiger partial charge in [0, 0.05) is 31.2 Å². The fourth-order valence-corrected chi connectivity index (χ4v) is 4.44. The molecule has 30 heavy (non-hydrogen) atoms. The van der Waals surface area contributed by atoms with E-state index >= 15 is 0 Å². The Hall–Kier alpha value is -2.36. The van der Waals surface area contributed by atoms with E-state index in [-0.39, 0.29) is 43.0 Å². The number of nitrogens with one attached hydrogen (secondary N) is 1. The van der Waals surface area contributed by atoms with Crippen molar-refractivity contribution >= 4 is 18.2 Å². The lowest BCUT2D eigenvalue weighted by atomic mass is 9.98. The number of benzene rings is 1. The smallest absolute Gasteiger partial charge is 0.418 e. The summed E-state index contributed by atoms with van der Waals surface area (Å²) in [5.74, 6) is -1.01. The highest BCUT2D eigenvalue weighted by Gasteiger charge is 2.43. The lowest BCUT2D eigenvalue weighted by Gasteiger charge is -2.38. The van der Waals surface area contributed by atoms with E-state index in [1.54, 1.807) is 11.8 Å². The van der Waals surface area contributed by atoms with Crippen LogP contribution in [0.3, 0.4) is 0 Å². The van der Waals surface area contributed by atoms with E-state index in [1.165, 1.54) is 0 Å². The Labute approximate surface area is 172 Å². The SMILES string of the molecule is CCOC(=O)N1C2CCC1CC(NCCN(C=O)c1ccc(F)cc1C(F)(F)F)C2. The van der Waals surface area contributed by atoms with Crippen molar-refractivity contribution in [2.24, 2.45) is 0 Å². The molecule has 2 unspecified atom stereocenters. The van der Waals surface area contributed by atoms with Gasteiger partial charge in [0.05, 0.1) is 17.9 Å². The van der Waals surface area contributed by atoms with Crippen molar-refractivity contribution in [2.45, 2.75) is 56.9 Å². The third-order valence-corrected chi connectivity index (χ3v) is 5.70. The fourth-order valence-electron chi connectivity index (χ4n) is 4.44. The topological polar surface area (TPSA) is 61.9 Å². The minimum absolute atomic E-state index is 0.00559. The second kappa shape index (κ2) is 9.20. The first-order valence-electron chi connectivity index (χ1n) is 10.0. The van der Waals surface area contributed by atoms with Crippen LogP contribution >= 0.6 is 0 Å². The number of anilines is 1. The van der Waals surface area contributed by atoms with Crippen LogP contribution in [0.4, 0.5) is 28.0 Å². The lowest BCUT2D eigenvalue weighted by molar-refractivity contribution is -0.137. The largest absolute Gasteiger partial charge is 0.450 e. The summed E-state index contributed by atoms with van der Waals surface area (Å²) in [5, 5.41) is 3.28. The average Bonchev–Trinajstić information content (AvgIpc) is 2.96. The second-order valence-electron chi connectivity index (χ2n) is 7.57. The Morgan fingerprint density at radius 1 is 1.30 bits per heavy atom. The molecule has 0 radical (unpaired) electrons. The Kier molecular flexibility index (Phi) is 6.84. The molecular formula is C20H25F4N3O3. The van der Waals surface area contributed by atoms with E-state index in [4.69, 9.17) is 4.74 Å². The van der Waals surface area contributed by atoms with Crippen LogP contribution in [0.5, 0.6) is 0 Å². The number of halogens is 4. The van der Waals surface area contributed by atoms with E-state index in [2.05, 4.69) is 5.32 Å². The Morgan fingerprint density at radius 2 is 1.97 bits per heavy atom. The molecule has 0 aliphatic carbocycles. The van der Waals surface area contributed by atoms with Gasteiger partial charge in [-0.05, 0) is 50.8 Å². The zero-order chi connectivity index (χ0) is 21.9. The number of rotatable bonds is 7. The summed E-state index contributed by atoms with van der Waals surface area (Å²) in [6.45, 7) is 2.36. The van der Waals surface area contributed by atoms with Crippen LogP contribution in [-0.2, 0) is 15.7 Å². The first-order valence-corrected chi connectivity index (χ1v) is 10.0. The highest BCUT2D eigenvalue weighted by atomic mass is 19.4. The predicted molar refractivity (Wildman–Crippen MR) is 102 cm³/mol. The third-order valence-electron chi connectivity index (χ3n) is 5.70. The summed E-state index contributed by atoms with van der Waals surface area (Å²) >= 11 is 0.